The first-order chi connectivity index (χ1) is 9.60. The van der Waals surface area contributed by atoms with Crippen molar-refractivity contribution >= 4 is 17.7 Å². The normalized spacial score (nSPS) is 17.1. The van der Waals surface area contributed by atoms with Crippen molar-refractivity contribution in [1.29, 1.82) is 0 Å². The lowest BCUT2D eigenvalue weighted by atomic mass is 10.1. The summed E-state index contributed by atoms with van der Waals surface area (Å²) in [5, 5.41) is 10.9. The van der Waals surface area contributed by atoms with E-state index in [-0.39, 0.29) is 11.7 Å². The summed E-state index contributed by atoms with van der Waals surface area (Å²) < 4.78 is 0. The monoisotopic (exact) mass is 297 g/mol. The second kappa shape index (κ2) is 6.85. The molecule has 0 aromatic carbocycles. The Morgan fingerprint density at radius 2 is 2.15 bits per heavy atom. The van der Waals surface area contributed by atoms with Crippen LogP contribution in [0.4, 0.5) is 0 Å². The molecule has 1 aliphatic rings. The lowest BCUT2D eigenvalue weighted by molar-refractivity contribution is 0.0908. The molecule has 1 aromatic heterocycles. The average molecular weight is 297 g/mol. The first-order valence-electron chi connectivity index (χ1n) is 6.69. The maximum atomic E-state index is 12.0. The molecule has 0 spiro atoms. The predicted octanol–water partition coefficient (Wildman–Crippen LogP) is 0.101. The topological polar surface area (TPSA) is 91.0 Å². The van der Waals surface area contributed by atoms with Crippen LogP contribution in [-0.4, -0.2) is 57.9 Å². The number of hydrogen-bond donors (Lipinski definition) is 2. The van der Waals surface area contributed by atoms with Gasteiger partial charge in [-0.3, -0.25) is 14.6 Å². The largest absolute Gasteiger partial charge is 0.348 e. The average Bonchev–Trinajstić information content (AvgIpc) is 2.42. The van der Waals surface area contributed by atoms with Gasteiger partial charge in [0.15, 0.2) is 5.16 Å². The first-order valence-corrected chi connectivity index (χ1v) is 7.68. The van der Waals surface area contributed by atoms with Crippen LogP contribution in [0.2, 0.25) is 0 Å². The molecular formula is C12H19N5O2S. The molecule has 2 rings (SSSR count). The number of aromatic nitrogens is 3. The molecule has 20 heavy (non-hydrogen) atoms. The van der Waals surface area contributed by atoms with Crippen LogP contribution >= 0.6 is 11.8 Å². The minimum atomic E-state index is -0.485. The molecule has 0 radical (unpaired) electrons. The van der Waals surface area contributed by atoms with Crippen molar-refractivity contribution in [3.05, 3.63) is 16.0 Å². The number of hydrogen-bond acceptors (Lipinski definition) is 6. The molecule has 1 aromatic rings. The number of thioether (sulfide) groups is 1. The minimum absolute atomic E-state index is 0.101. The third-order valence-electron chi connectivity index (χ3n) is 3.23. The fraction of sp³-hybridized carbons (Fsp3) is 0.667. The zero-order chi connectivity index (χ0) is 14.5. The third-order valence-corrected chi connectivity index (χ3v) is 3.97. The second-order valence-corrected chi connectivity index (χ2v) is 6.04. The molecule has 0 saturated carbocycles. The number of aromatic amines is 1. The van der Waals surface area contributed by atoms with E-state index in [2.05, 4.69) is 32.4 Å². The zero-order valence-electron chi connectivity index (χ0n) is 11.7. The summed E-state index contributed by atoms with van der Waals surface area (Å²) in [6, 6.07) is 0.101. The summed E-state index contributed by atoms with van der Waals surface area (Å²) in [4.78, 5) is 28.6. The highest BCUT2D eigenvalue weighted by Crippen LogP contribution is 2.09. The van der Waals surface area contributed by atoms with E-state index < -0.39 is 11.5 Å². The number of rotatable bonds is 4. The maximum absolute atomic E-state index is 12.0. The predicted molar refractivity (Wildman–Crippen MR) is 77.0 cm³/mol. The maximum Gasteiger partial charge on any atom is 0.283 e. The highest BCUT2D eigenvalue weighted by Gasteiger charge is 2.21. The molecule has 2 N–H and O–H groups in total. The van der Waals surface area contributed by atoms with E-state index in [0.717, 1.165) is 31.7 Å². The van der Waals surface area contributed by atoms with Gasteiger partial charge in [0, 0.05) is 6.04 Å². The van der Waals surface area contributed by atoms with Gasteiger partial charge in [-0.1, -0.05) is 18.7 Å². The second-order valence-electron chi connectivity index (χ2n) is 4.79. The van der Waals surface area contributed by atoms with E-state index in [1.54, 1.807) is 0 Å². The molecule has 7 nitrogen and oxygen atoms in total. The molecule has 1 aliphatic heterocycles. The van der Waals surface area contributed by atoms with Gasteiger partial charge in [0.05, 0.1) is 0 Å². The van der Waals surface area contributed by atoms with Crippen LogP contribution in [0, 0.1) is 0 Å². The summed E-state index contributed by atoms with van der Waals surface area (Å²) in [7, 11) is 2.05. The molecule has 0 aliphatic carbocycles. The first kappa shape index (κ1) is 15.0. The van der Waals surface area contributed by atoms with Crippen LogP contribution in [0.1, 0.15) is 30.3 Å². The number of nitrogens with one attached hydrogen (secondary N) is 2. The van der Waals surface area contributed by atoms with E-state index in [1.165, 1.54) is 11.8 Å². The van der Waals surface area contributed by atoms with Crippen molar-refractivity contribution in [3.8, 4) is 0 Å². The van der Waals surface area contributed by atoms with Crippen LogP contribution in [0.3, 0.4) is 0 Å². The van der Waals surface area contributed by atoms with Gasteiger partial charge in [0.1, 0.15) is 0 Å². The van der Waals surface area contributed by atoms with Gasteiger partial charge in [-0.2, -0.15) is 0 Å². The lowest BCUT2D eigenvalue weighted by Crippen LogP contribution is -2.45. The number of amides is 1. The Bertz CT molecular complexity index is 525. The van der Waals surface area contributed by atoms with E-state index in [9.17, 15) is 9.59 Å². The molecule has 1 amide bonds. The Morgan fingerprint density at radius 1 is 1.45 bits per heavy atom. The summed E-state index contributed by atoms with van der Waals surface area (Å²) in [5.74, 6) is 0.340. The van der Waals surface area contributed by atoms with Crippen molar-refractivity contribution in [2.75, 3.05) is 25.9 Å². The summed E-state index contributed by atoms with van der Waals surface area (Å²) in [6.07, 6.45) is 1.77. The Hall–Kier alpha value is -1.41. The quantitative estimate of drug-likeness (QED) is 0.766. The molecule has 0 bridgehead atoms. The fourth-order valence-corrected chi connectivity index (χ4v) is 2.62. The lowest BCUT2D eigenvalue weighted by Gasteiger charge is -2.29. The van der Waals surface area contributed by atoms with Crippen molar-refractivity contribution in [2.24, 2.45) is 0 Å². The number of piperidine rings is 1. The van der Waals surface area contributed by atoms with Gasteiger partial charge >= 0.3 is 0 Å². The van der Waals surface area contributed by atoms with E-state index in [1.807, 2.05) is 6.92 Å². The summed E-state index contributed by atoms with van der Waals surface area (Å²) in [5.41, 5.74) is -0.647. The van der Waals surface area contributed by atoms with Crippen LogP contribution < -0.4 is 10.9 Å². The highest BCUT2D eigenvalue weighted by atomic mass is 32.2. The van der Waals surface area contributed by atoms with Crippen molar-refractivity contribution in [2.45, 2.75) is 31.0 Å². The number of nitrogens with zero attached hydrogens (tertiary/aromatic N) is 3. The van der Waals surface area contributed by atoms with Crippen molar-refractivity contribution in [3.63, 3.8) is 0 Å². The fourth-order valence-electron chi connectivity index (χ4n) is 2.08. The SMILES string of the molecule is CCSc1nnc(C(=O)NC2CCN(C)CC2)c(=O)[nH]1. The van der Waals surface area contributed by atoms with E-state index in [0.29, 0.717) is 5.16 Å². The van der Waals surface area contributed by atoms with Gasteiger partial charge in [-0.25, -0.2) is 0 Å². The van der Waals surface area contributed by atoms with E-state index >= 15 is 0 Å². The zero-order valence-corrected chi connectivity index (χ0v) is 12.5. The van der Waals surface area contributed by atoms with Gasteiger partial charge in [-0.05, 0) is 38.7 Å². The van der Waals surface area contributed by atoms with Crippen LogP contribution in [-0.2, 0) is 0 Å². The van der Waals surface area contributed by atoms with E-state index in [4.69, 9.17) is 0 Å². The number of carbonyl (C=O) groups excluding carboxylic acids is 1. The van der Waals surface area contributed by atoms with Crippen molar-refractivity contribution in [1.82, 2.24) is 25.4 Å². The Kier molecular flexibility index (Phi) is 5.13. The Labute approximate surface area is 121 Å². The summed E-state index contributed by atoms with van der Waals surface area (Å²) >= 11 is 1.38. The van der Waals surface area contributed by atoms with Gasteiger partial charge < -0.3 is 10.2 Å². The molecule has 1 saturated heterocycles. The molecule has 0 unspecified atom stereocenters. The number of likely N-dealkylation sites (tertiary alicyclic amines) is 1. The van der Waals surface area contributed by atoms with Gasteiger partial charge in [0.25, 0.3) is 11.5 Å². The van der Waals surface area contributed by atoms with Crippen molar-refractivity contribution < 1.29 is 4.79 Å². The molecular weight excluding hydrogens is 278 g/mol. The van der Waals surface area contributed by atoms with Crippen LogP contribution in [0.5, 0.6) is 0 Å². The number of carbonyl (C=O) groups is 1. The van der Waals surface area contributed by atoms with Crippen LogP contribution in [0.25, 0.3) is 0 Å². The standard InChI is InChI=1S/C12H19N5O2S/c1-3-20-12-14-11(19)9(15-16-12)10(18)13-8-4-6-17(2)7-5-8/h8H,3-7H2,1-2H3,(H,13,18)(H,14,16,19). The van der Waals surface area contributed by atoms with Crippen LogP contribution in [0.15, 0.2) is 9.95 Å². The molecule has 2 heterocycles. The Morgan fingerprint density at radius 3 is 2.75 bits per heavy atom. The molecule has 1 fully saturated rings. The molecule has 0 atom stereocenters. The molecule has 110 valence electrons. The Balaban J connectivity index is 2.00. The third kappa shape index (κ3) is 3.80. The van der Waals surface area contributed by atoms with Gasteiger partial charge in [0.2, 0.25) is 5.69 Å². The number of H-pyrrole nitrogens is 1. The minimum Gasteiger partial charge on any atom is -0.348 e. The highest BCUT2D eigenvalue weighted by molar-refractivity contribution is 7.99. The smallest absolute Gasteiger partial charge is 0.283 e. The van der Waals surface area contributed by atoms with Gasteiger partial charge in [-0.15, -0.1) is 10.2 Å². The molecule has 8 heteroatoms. The summed E-state index contributed by atoms with van der Waals surface area (Å²) in [6.45, 7) is 3.84.